The second-order valence-corrected chi connectivity index (χ2v) is 4.81. The molecule has 0 spiro atoms. The van der Waals surface area contributed by atoms with Gasteiger partial charge in [-0.1, -0.05) is 12.1 Å². The molecule has 3 aromatic rings. The van der Waals surface area contributed by atoms with Crippen molar-refractivity contribution in [3.63, 3.8) is 0 Å². The molecule has 2 aromatic heterocycles. The highest BCUT2D eigenvalue weighted by atomic mass is 15.0. The molecule has 0 aliphatic carbocycles. The van der Waals surface area contributed by atoms with Gasteiger partial charge in [0.05, 0.1) is 0 Å². The molecular formula is C16H17N5. The number of benzene rings is 1. The molecule has 0 aliphatic heterocycles. The zero-order valence-corrected chi connectivity index (χ0v) is 11.7. The molecule has 0 aliphatic rings. The van der Waals surface area contributed by atoms with Crippen LogP contribution in [-0.2, 0) is 6.42 Å². The monoisotopic (exact) mass is 279 g/mol. The Morgan fingerprint density at radius 1 is 1.05 bits per heavy atom. The minimum atomic E-state index is 0.641. The largest absolute Gasteiger partial charge is 0.340 e. The van der Waals surface area contributed by atoms with Crippen molar-refractivity contribution in [1.82, 2.24) is 15.0 Å². The van der Waals surface area contributed by atoms with Gasteiger partial charge >= 0.3 is 0 Å². The number of nitrogens with two attached hydrogens (primary N) is 1. The smallest absolute Gasteiger partial charge is 0.180 e. The molecule has 5 nitrogen and oxygen atoms in total. The van der Waals surface area contributed by atoms with E-state index in [0.717, 1.165) is 29.9 Å². The molecular weight excluding hydrogens is 262 g/mol. The number of aryl methyl sites for hydroxylation is 1. The molecule has 3 rings (SSSR count). The highest BCUT2D eigenvalue weighted by molar-refractivity contribution is 5.72. The predicted octanol–water partition coefficient (Wildman–Crippen LogP) is 2.66. The summed E-state index contributed by atoms with van der Waals surface area (Å²) in [5, 5.41) is 3.30. The Kier molecular flexibility index (Phi) is 4.02. The number of nitrogens with zero attached hydrogens (tertiary/aromatic N) is 3. The maximum Gasteiger partial charge on any atom is 0.180 e. The van der Waals surface area contributed by atoms with Crippen molar-refractivity contribution < 1.29 is 0 Å². The van der Waals surface area contributed by atoms with Gasteiger partial charge in [0.25, 0.3) is 0 Å². The normalized spacial score (nSPS) is 10.7. The maximum atomic E-state index is 5.55. The van der Waals surface area contributed by atoms with E-state index in [1.165, 1.54) is 5.56 Å². The lowest BCUT2D eigenvalue weighted by molar-refractivity contribution is 0.833. The third-order valence-corrected chi connectivity index (χ3v) is 3.20. The first-order valence-electron chi connectivity index (χ1n) is 6.99. The van der Waals surface area contributed by atoms with E-state index in [-0.39, 0.29) is 0 Å². The molecule has 0 amide bonds. The molecule has 0 fully saturated rings. The minimum Gasteiger partial charge on any atom is -0.340 e. The van der Waals surface area contributed by atoms with Crippen molar-refractivity contribution in [2.45, 2.75) is 12.8 Å². The van der Waals surface area contributed by atoms with Gasteiger partial charge in [0.15, 0.2) is 5.65 Å². The number of rotatable bonds is 5. The lowest BCUT2D eigenvalue weighted by Crippen LogP contribution is -2.01. The number of nitrogens with one attached hydrogen (secondary N) is 1. The van der Waals surface area contributed by atoms with E-state index in [2.05, 4.69) is 32.4 Å². The zero-order chi connectivity index (χ0) is 14.5. The molecule has 0 radical (unpaired) electrons. The summed E-state index contributed by atoms with van der Waals surface area (Å²) in [6, 6.07) is 12.1. The zero-order valence-electron chi connectivity index (χ0n) is 11.7. The maximum absolute atomic E-state index is 5.55. The van der Waals surface area contributed by atoms with Crippen LogP contribution in [0.5, 0.6) is 0 Å². The van der Waals surface area contributed by atoms with Crippen LogP contribution in [0, 0.1) is 0 Å². The highest BCUT2D eigenvalue weighted by Crippen LogP contribution is 2.18. The van der Waals surface area contributed by atoms with Crippen LogP contribution >= 0.6 is 0 Å². The number of fused-ring (bicyclic) bond motifs is 1. The summed E-state index contributed by atoms with van der Waals surface area (Å²) >= 11 is 0. The van der Waals surface area contributed by atoms with Gasteiger partial charge in [-0.2, -0.15) is 0 Å². The van der Waals surface area contributed by atoms with Crippen LogP contribution in [0.4, 0.5) is 11.5 Å². The summed E-state index contributed by atoms with van der Waals surface area (Å²) in [7, 11) is 0. The molecule has 5 heteroatoms. The second-order valence-electron chi connectivity index (χ2n) is 4.81. The number of hydrogen-bond donors (Lipinski definition) is 2. The van der Waals surface area contributed by atoms with Crippen molar-refractivity contribution in [1.29, 1.82) is 0 Å². The van der Waals surface area contributed by atoms with Gasteiger partial charge in [0, 0.05) is 18.1 Å². The molecule has 0 saturated carbocycles. The van der Waals surface area contributed by atoms with E-state index >= 15 is 0 Å². The predicted molar refractivity (Wildman–Crippen MR) is 84.4 cm³/mol. The van der Waals surface area contributed by atoms with Gasteiger partial charge in [-0.15, -0.1) is 0 Å². The highest BCUT2D eigenvalue weighted by Gasteiger charge is 2.01. The van der Waals surface area contributed by atoms with E-state index < -0.39 is 0 Å². The van der Waals surface area contributed by atoms with Gasteiger partial charge in [-0.05, 0) is 49.2 Å². The van der Waals surface area contributed by atoms with Crippen molar-refractivity contribution in [2.24, 2.45) is 5.73 Å². The van der Waals surface area contributed by atoms with Gasteiger partial charge in [-0.25, -0.2) is 9.97 Å². The van der Waals surface area contributed by atoms with E-state index in [9.17, 15) is 0 Å². The summed E-state index contributed by atoms with van der Waals surface area (Å²) in [6.07, 6.45) is 5.29. The third kappa shape index (κ3) is 3.32. The number of aromatic nitrogens is 3. The topological polar surface area (TPSA) is 76.7 Å². The molecule has 0 bridgehead atoms. The Bertz CT molecular complexity index is 741. The molecule has 0 unspecified atom stereocenters. The van der Waals surface area contributed by atoms with E-state index in [4.69, 9.17) is 5.73 Å². The van der Waals surface area contributed by atoms with Crippen LogP contribution in [0.1, 0.15) is 12.0 Å². The molecule has 2 heterocycles. The molecule has 21 heavy (non-hydrogen) atoms. The fourth-order valence-corrected chi connectivity index (χ4v) is 2.18. The first kappa shape index (κ1) is 13.5. The van der Waals surface area contributed by atoms with Crippen LogP contribution in [0.2, 0.25) is 0 Å². The Hall–Kier alpha value is -2.53. The fourth-order valence-electron chi connectivity index (χ4n) is 2.18. The first-order valence-corrected chi connectivity index (χ1v) is 6.99. The number of hydrogen-bond acceptors (Lipinski definition) is 5. The van der Waals surface area contributed by atoms with Gasteiger partial charge in [-0.3, -0.25) is 4.98 Å². The Morgan fingerprint density at radius 2 is 1.95 bits per heavy atom. The minimum absolute atomic E-state index is 0.641. The quantitative estimate of drug-likeness (QED) is 0.751. The van der Waals surface area contributed by atoms with Crippen molar-refractivity contribution in [3.05, 3.63) is 54.4 Å². The van der Waals surface area contributed by atoms with Gasteiger partial charge < -0.3 is 11.1 Å². The second kappa shape index (κ2) is 6.28. The van der Waals surface area contributed by atoms with E-state index in [1.54, 1.807) is 12.4 Å². The summed E-state index contributed by atoms with van der Waals surface area (Å²) in [4.78, 5) is 12.9. The SMILES string of the molecule is NCCCc1cccc(Nc2ccc3nccnc3n2)c1. The van der Waals surface area contributed by atoms with Crippen molar-refractivity contribution in [3.8, 4) is 0 Å². The Labute approximate surface area is 123 Å². The van der Waals surface area contributed by atoms with Crippen LogP contribution in [0.3, 0.4) is 0 Å². The van der Waals surface area contributed by atoms with Gasteiger partial charge in [0.1, 0.15) is 11.3 Å². The summed E-state index contributed by atoms with van der Waals surface area (Å²) in [5.74, 6) is 0.763. The van der Waals surface area contributed by atoms with Crippen LogP contribution in [0.15, 0.2) is 48.8 Å². The molecule has 1 aromatic carbocycles. The summed E-state index contributed by atoms with van der Waals surface area (Å²) in [5.41, 5.74) is 9.27. The van der Waals surface area contributed by atoms with Gasteiger partial charge in [0.2, 0.25) is 0 Å². The van der Waals surface area contributed by atoms with Crippen LogP contribution in [-0.4, -0.2) is 21.5 Å². The standard InChI is InChI=1S/C16H17N5/c17-8-2-4-12-3-1-5-13(11-12)20-15-7-6-14-16(21-15)19-10-9-18-14/h1,3,5-7,9-11H,2,4,8,17H2,(H,19,20,21). The first-order chi connectivity index (χ1) is 10.3. The Morgan fingerprint density at radius 3 is 2.86 bits per heavy atom. The average molecular weight is 279 g/mol. The molecule has 0 atom stereocenters. The van der Waals surface area contributed by atoms with Crippen LogP contribution in [0.25, 0.3) is 11.2 Å². The number of pyridine rings is 1. The molecule has 3 N–H and O–H groups in total. The number of anilines is 2. The fraction of sp³-hybridized carbons (Fsp3) is 0.188. The lowest BCUT2D eigenvalue weighted by Gasteiger charge is -2.08. The summed E-state index contributed by atoms with van der Waals surface area (Å²) < 4.78 is 0. The van der Waals surface area contributed by atoms with Crippen molar-refractivity contribution in [2.75, 3.05) is 11.9 Å². The Balaban J connectivity index is 1.81. The average Bonchev–Trinajstić information content (AvgIpc) is 2.53. The van der Waals surface area contributed by atoms with E-state index in [0.29, 0.717) is 12.2 Å². The molecule has 0 saturated heterocycles. The summed E-state index contributed by atoms with van der Waals surface area (Å²) in [6.45, 7) is 0.711. The lowest BCUT2D eigenvalue weighted by atomic mass is 10.1. The van der Waals surface area contributed by atoms with Crippen LogP contribution < -0.4 is 11.1 Å². The molecule has 106 valence electrons. The van der Waals surface area contributed by atoms with E-state index in [1.807, 2.05) is 24.3 Å². The van der Waals surface area contributed by atoms with Crippen molar-refractivity contribution >= 4 is 22.7 Å². The third-order valence-electron chi connectivity index (χ3n) is 3.20.